The molecule has 2 aromatic rings. The molecular weight excluding hydrogens is 350 g/mol. The maximum Gasteiger partial charge on any atom is 0.407 e. The van der Waals surface area contributed by atoms with E-state index in [1.54, 1.807) is 26.8 Å². The zero-order chi connectivity index (χ0) is 20.2. The summed E-state index contributed by atoms with van der Waals surface area (Å²) in [6.07, 6.45) is -0.593. The van der Waals surface area contributed by atoms with Crippen LogP contribution in [-0.2, 0) is 20.9 Å². The standard InChI is InChI=1S/C20H25NO6/c1-12-8-15-14(10-18(23)26-16(15)9-13(12)2)11-25-17(22)6-7-21-19(24)27-20(3,4)5/h8-10H,6-7,11H2,1-5H3,(H,21,24). The molecular formula is C20H25NO6. The van der Waals surface area contributed by atoms with Crippen molar-refractivity contribution in [3.8, 4) is 0 Å². The lowest BCUT2D eigenvalue weighted by atomic mass is 10.0. The van der Waals surface area contributed by atoms with Gasteiger partial charge in [-0.2, -0.15) is 0 Å². The van der Waals surface area contributed by atoms with Gasteiger partial charge in [-0.15, -0.1) is 0 Å². The van der Waals surface area contributed by atoms with E-state index in [-0.39, 0.29) is 19.6 Å². The van der Waals surface area contributed by atoms with Crippen LogP contribution in [-0.4, -0.2) is 24.2 Å². The van der Waals surface area contributed by atoms with Crippen LogP contribution in [0.4, 0.5) is 4.79 Å². The second kappa shape index (κ2) is 8.24. The number of carbonyl (C=O) groups excluding carboxylic acids is 2. The molecule has 2 rings (SSSR count). The number of amides is 1. The number of esters is 1. The number of carbonyl (C=O) groups is 2. The van der Waals surface area contributed by atoms with E-state index < -0.39 is 23.3 Å². The van der Waals surface area contributed by atoms with Gasteiger partial charge in [0.25, 0.3) is 0 Å². The van der Waals surface area contributed by atoms with Crippen molar-refractivity contribution in [3.05, 3.63) is 45.3 Å². The number of benzene rings is 1. The topological polar surface area (TPSA) is 94.8 Å². The number of hydrogen-bond acceptors (Lipinski definition) is 6. The lowest BCUT2D eigenvalue weighted by Gasteiger charge is -2.19. The van der Waals surface area contributed by atoms with Crippen molar-refractivity contribution >= 4 is 23.0 Å². The van der Waals surface area contributed by atoms with Gasteiger partial charge in [0.2, 0.25) is 0 Å². The number of aryl methyl sites for hydroxylation is 2. The van der Waals surface area contributed by atoms with Gasteiger partial charge >= 0.3 is 17.7 Å². The van der Waals surface area contributed by atoms with E-state index in [4.69, 9.17) is 13.9 Å². The molecule has 146 valence electrons. The highest BCUT2D eigenvalue weighted by Crippen LogP contribution is 2.22. The summed E-state index contributed by atoms with van der Waals surface area (Å²) in [5, 5.41) is 3.23. The number of nitrogens with one attached hydrogen (secondary N) is 1. The number of hydrogen-bond donors (Lipinski definition) is 1. The molecule has 1 aromatic heterocycles. The Morgan fingerprint density at radius 2 is 1.78 bits per heavy atom. The summed E-state index contributed by atoms with van der Waals surface area (Å²) in [5.41, 5.74) is 2.00. The highest BCUT2D eigenvalue weighted by atomic mass is 16.6. The van der Waals surface area contributed by atoms with Crippen molar-refractivity contribution in [3.63, 3.8) is 0 Å². The van der Waals surface area contributed by atoms with Crippen LogP contribution in [0, 0.1) is 13.8 Å². The third kappa shape index (κ3) is 6.13. The van der Waals surface area contributed by atoms with Gasteiger partial charge in [-0.25, -0.2) is 9.59 Å². The normalized spacial score (nSPS) is 11.3. The minimum atomic E-state index is -0.601. The first kappa shape index (κ1) is 20.5. The van der Waals surface area contributed by atoms with Crippen LogP contribution in [0.5, 0.6) is 0 Å². The van der Waals surface area contributed by atoms with E-state index >= 15 is 0 Å². The van der Waals surface area contributed by atoms with Crippen LogP contribution in [0.25, 0.3) is 11.0 Å². The monoisotopic (exact) mass is 375 g/mol. The molecule has 0 unspecified atom stereocenters. The number of alkyl carbamates (subject to hydrolysis) is 1. The van der Waals surface area contributed by atoms with E-state index in [1.165, 1.54) is 6.07 Å². The summed E-state index contributed by atoms with van der Waals surface area (Å²) in [6.45, 7) is 9.21. The Hall–Kier alpha value is -2.83. The van der Waals surface area contributed by atoms with E-state index in [9.17, 15) is 14.4 Å². The molecule has 0 aliphatic heterocycles. The maximum absolute atomic E-state index is 11.9. The first-order valence-corrected chi connectivity index (χ1v) is 8.71. The Morgan fingerprint density at radius 1 is 1.11 bits per heavy atom. The Kier molecular flexibility index (Phi) is 6.25. The van der Waals surface area contributed by atoms with Crippen LogP contribution < -0.4 is 10.9 Å². The first-order chi connectivity index (χ1) is 12.5. The number of fused-ring (bicyclic) bond motifs is 1. The molecule has 1 heterocycles. The van der Waals surface area contributed by atoms with Gasteiger partial charge in [-0.05, 0) is 57.9 Å². The lowest BCUT2D eigenvalue weighted by Crippen LogP contribution is -2.33. The molecule has 0 saturated carbocycles. The molecule has 0 fully saturated rings. The molecule has 27 heavy (non-hydrogen) atoms. The van der Waals surface area contributed by atoms with Crippen LogP contribution in [0.1, 0.15) is 43.9 Å². The van der Waals surface area contributed by atoms with Crippen molar-refractivity contribution in [1.29, 1.82) is 0 Å². The second-order valence-corrected chi connectivity index (χ2v) is 7.36. The van der Waals surface area contributed by atoms with Crippen LogP contribution in [0.3, 0.4) is 0 Å². The summed E-state index contributed by atoms with van der Waals surface area (Å²) in [4.78, 5) is 35.2. The fourth-order valence-corrected chi connectivity index (χ4v) is 2.41. The lowest BCUT2D eigenvalue weighted by molar-refractivity contribution is -0.144. The molecule has 0 aliphatic carbocycles. The second-order valence-electron chi connectivity index (χ2n) is 7.36. The third-order valence-corrected chi connectivity index (χ3v) is 3.83. The Bertz CT molecular complexity index is 907. The summed E-state index contributed by atoms with van der Waals surface area (Å²) < 4.78 is 15.5. The van der Waals surface area contributed by atoms with Crippen LogP contribution >= 0.6 is 0 Å². The van der Waals surface area contributed by atoms with Crippen molar-refractivity contribution in [1.82, 2.24) is 5.32 Å². The molecule has 1 amide bonds. The molecule has 0 radical (unpaired) electrons. The average Bonchev–Trinajstić information content (AvgIpc) is 2.52. The number of ether oxygens (including phenoxy) is 2. The van der Waals surface area contributed by atoms with E-state index in [1.807, 2.05) is 19.9 Å². The third-order valence-electron chi connectivity index (χ3n) is 3.83. The van der Waals surface area contributed by atoms with Gasteiger partial charge in [-0.1, -0.05) is 0 Å². The fourth-order valence-electron chi connectivity index (χ4n) is 2.41. The van der Waals surface area contributed by atoms with Gasteiger partial charge in [0, 0.05) is 23.6 Å². The zero-order valence-corrected chi connectivity index (χ0v) is 16.3. The molecule has 0 spiro atoms. The zero-order valence-electron chi connectivity index (χ0n) is 16.3. The van der Waals surface area contributed by atoms with Gasteiger partial charge in [0.05, 0.1) is 6.42 Å². The van der Waals surface area contributed by atoms with Gasteiger partial charge < -0.3 is 19.2 Å². The molecule has 7 nitrogen and oxygen atoms in total. The molecule has 7 heteroatoms. The Morgan fingerprint density at radius 3 is 2.44 bits per heavy atom. The predicted molar refractivity (Wildman–Crippen MR) is 101 cm³/mol. The summed E-state index contributed by atoms with van der Waals surface area (Å²) in [5.74, 6) is -0.490. The Balaban J connectivity index is 1.94. The predicted octanol–water partition coefficient (Wildman–Crippen LogP) is 3.37. The molecule has 1 aromatic carbocycles. The van der Waals surface area contributed by atoms with Crippen LogP contribution in [0.15, 0.2) is 27.4 Å². The Labute approximate surface area is 157 Å². The molecule has 0 atom stereocenters. The molecule has 0 aliphatic rings. The van der Waals surface area contributed by atoms with E-state index in [0.29, 0.717) is 11.1 Å². The van der Waals surface area contributed by atoms with Crippen molar-refractivity contribution in [2.45, 2.75) is 53.2 Å². The van der Waals surface area contributed by atoms with Crippen molar-refractivity contribution in [2.24, 2.45) is 0 Å². The average molecular weight is 375 g/mol. The summed E-state index contributed by atoms with van der Waals surface area (Å²) >= 11 is 0. The van der Waals surface area contributed by atoms with Crippen LogP contribution in [0.2, 0.25) is 0 Å². The molecule has 0 saturated heterocycles. The SMILES string of the molecule is Cc1cc2oc(=O)cc(COC(=O)CCNC(=O)OC(C)(C)C)c2cc1C. The maximum atomic E-state index is 11.9. The van der Waals surface area contributed by atoms with Crippen molar-refractivity contribution in [2.75, 3.05) is 6.54 Å². The smallest absolute Gasteiger partial charge is 0.407 e. The highest BCUT2D eigenvalue weighted by molar-refractivity contribution is 5.82. The summed E-state index contributed by atoms with van der Waals surface area (Å²) in [7, 11) is 0. The highest BCUT2D eigenvalue weighted by Gasteiger charge is 2.16. The van der Waals surface area contributed by atoms with Gasteiger partial charge in [-0.3, -0.25) is 4.79 Å². The number of rotatable bonds is 5. The van der Waals surface area contributed by atoms with E-state index in [2.05, 4.69) is 5.32 Å². The van der Waals surface area contributed by atoms with Crippen molar-refractivity contribution < 1.29 is 23.5 Å². The molecule has 1 N–H and O–H groups in total. The summed E-state index contributed by atoms with van der Waals surface area (Å²) in [6, 6.07) is 5.02. The molecule has 0 bridgehead atoms. The first-order valence-electron chi connectivity index (χ1n) is 8.71. The fraction of sp³-hybridized carbons (Fsp3) is 0.450. The van der Waals surface area contributed by atoms with Gasteiger partial charge in [0.15, 0.2) is 0 Å². The quantitative estimate of drug-likeness (QED) is 0.636. The van der Waals surface area contributed by atoms with Gasteiger partial charge in [0.1, 0.15) is 17.8 Å². The van der Waals surface area contributed by atoms with E-state index in [0.717, 1.165) is 16.5 Å². The largest absolute Gasteiger partial charge is 0.461 e. The minimum absolute atomic E-state index is 0.00322. The minimum Gasteiger partial charge on any atom is -0.461 e.